The van der Waals surface area contributed by atoms with Crippen molar-refractivity contribution in [1.82, 2.24) is 10.3 Å². The molecule has 6 nitrogen and oxygen atoms in total. The van der Waals surface area contributed by atoms with Crippen molar-refractivity contribution >= 4 is 11.7 Å². The SMILES string of the molecule is CN(C)c1cc(CNC(=O)c2ccc3c(c2)OCO3)ccn1. The van der Waals surface area contributed by atoms with Crippen LogP contribution in [0.25, 0.3) is 0 Å². The molecule has 1 N–H and O–H groups in total. The van der Waals surface area contributed by atoms with Crippen molar-refractivity contribution in [3.05, 3.63) is 47.7 Å². The topological polar surface area (TPSA) is 63.7 Å². The maximum atomic E-state index is 12.2. The first-order chi connectivity index (χ1) is 10.6. The first-order valence-electron chi connectivity index (χ1n) is 6.93. The van der Waals surface area contributed by atoms with Crippen molar-refractivity contribution in [2.24, 2.45) is 0 Å². The molecule has 0 bridgehead atoms. The van der Waals surface area contributed by atoms with Crippen LogP contribution < -0.4 is 19.7 Å². The second-order valence-electron chi connectivity index (χ2n) is 5.17. The average molecular weight is 299 g/mol. The van der Waals surface area contributed by atoms with Gasteiger partial charge in [0.25, 0.3) is 5.91 Å². The minimum absolute atomic E-state index is 0.151. The van der Waals surface area contributed by atoms with E-state index >= 15 is 0 Å². The lowest BCUT2D eigenvalue weighted by atomic mass is 10.2. The van der Waals surface area contributed by atoms with Crippen LogP contribution in [0.3, 0.4) is 0 Å². The standard InChI is InChI=1S/C16H17N3O3/c1-19(2)15-7-11(5-6-17-15)9-18-16(20)12-3-4-13-14(8-12)22-10-21-13/h3-8H,9-10H2,1-2H3,(H,18,20). The minimum Gasteiger partial charge on any atom is -0.454 e. The number of carbonyl (C=O) groups excluding carboxylic acids is 1. The normalized spacial score (nSPS) is 12.1. The summed E-state index contributed by atoms with van der Waals surface area (Å²) in [7, 11) is 3.86. The number of hydrogen-bond acceptors (Lipinski definition) is 5. The summed E-state index contributed by atoms with van der Waals surface area (Å²) in [5, 5.41) is 2.89. The Labute approximate surface area is 128 Å². The molecule has 1 aliphatic heterocycles. The molecule has 1 aliphatic rings. The molecule has 0 unspecified atom stereocenters. The zero-order valence-corrected chi connectivity index (χ0v) is 12.5. The number of amides is 1. The van der Waals surface area contributed by atoms with Crippen LogP contribution in [-0.2, 0) is 6.54 Å². The molecule has 1 aromatic carbocycles. The molecule has 0 radical (unpaired) electrons. The van der Waals surface area contributed by atoms with E-state index in [9.17, 15) is 4.79 Å². The Kier molecular flexibility index (Phi) is 3.82. The largest absolute Gasteiger partial charge is 0.454 e. The van der Waals surface area contributed by atoms with Crippen LogP contribution in [0.5, 0.6) is 11.5 Å². The number of ether oxygens (including phenoxy) is 2. The summed E-state index contributed by atoms with van der Waals surface area (Å²) in [5.41, 5.74) is 1.54. The van der Waals surface area contributed by atoms with Gasteiger partial charge in [0.05, 0.1) is 0 Å². The first kappa shape index (κ1) is 14.2. The quantitative estimate of drug-likeness (QED) is 0.933. The molecule has 0 saturated carbocycles. The predicted octanol–water partition coefficient (Wildman–Crippen LogP) is 1.81. The minimum atomic E-state index is -0.151. The third-order valence-electron chi connectivity index (χ3n) is 3.36. The molecule has 2 aromatic rings. The summed E-state index contributed by atoms with van der Waals surface area (Å²) >= 11 is 0. The fourth-order valence-corrected chi connectivity index (χ4v) is 2.14. The van der Waals surface area contributed by atoms with Gasteiger partial charge in [-0.15, -0.1) is 0 Å². The van der Waals surface area contributed by atoms with Crippen LogP contribution in [0, 0.1) is 0 Å². The highest BCUT2D eigenvalue weighted by atomic mass is 16.7. The van der Waals surface area contributed by atoms with E-state index in [1.807, 2.05) is 31.1 Å². The number of benzene rings is 1. The van der Waals surface area contributed by atoms with Gasteiger partial charge in [-0.05, 0) is 35.9 Å². The Morgan fingerprint density at radius 2 is 2.05 bits per heavy atom. The number of fused-ring (bicyclic) bond motifs is 1. The summed E-state index contributed by atoms with van der Waals surface area (Å²) in [6, 6.07) is 8.98. The van der Waals surface area contributed by atoms with Gasteiger partial charge in [-0.3, -0.25) is 4.79 Å². The molecular weight excluding hydrogens is 282 g/mol. The van der Waals surface area contributed by atoms with Gasteiger partial charge in [0.2, 0.25) is 6.79 Å². The predicted molar refractivity (Wildman–Crippen MR) is 82.3 cm³/mol. The summed E-state index contributed by atoms with van der Waals surface area (Å²) < 4.78 is 10.5. The lowest BCUT2D eigenvalue weighted by molar-refractivity contribution is 0.0950. The molecule has 0 saturated heterocycles. The van der Waals surface area contributed by atoms with E-state index in [0.717, 1.165) is 11.4 Å². The molecule has 0 atom stereocenters. The molecule has 0 fully saturated rings. The van der Waals surface area contributed by atoms with E-state index < -0.39 is 0 Å². The number of nitrogens with zero attached hydrogens (tertiary/aromatic N) is 2. The van der Waals surface area contributed by atoms with Gasteiger partial charge in [0.15, 0.2) is 11.5 Å². The van der Waals surface area contributed by atoms with Crippen molar-refractivity contribution < 1.29 is 14.3 Å². The highest BCUT2D eigenvalue weighted by Gasteiger charge is 2.16. The average Bonchev–Trinajstić information content (AvgIpc) is 3.00. The van der Waals surface area contributed by atoms with Crippen LogP contribution in [0.1, 0.15) is 15.9 Å². The fraction of sp³-hybridized carbons (Fsp3) is 0.250. The van der Waals surface area contributed by atoms with E-state index in [1.165, 1.54) is 0 Å². The van der Waals surface area contributed by atoms with Gasteiger partial charge in [-0.25, -0.2) is 4.98 Å². The molecule has 0 spiro atoms. The van der Waals surface area contributed by atoms with E-state index in [2.05, 4.69) is 10.3 Å². The lowest BCUT2D eigenvalue weighted by Crippen LogP contribution is -2.23. The fourth-order valence-electron chi connectivity index (χ4n) is 2.14. The smallest absolute Gasteiger partial charge is 0.251 e. The summed E-state index contributed by atoms with van der Waals surface area (Å²) in [6.07, 6.45) is 1.73. The number of aromatic nitrogens is 1. The molecule has 114 valence electrons. The summed E-state index contributed by atoms with van der Waals surface area (Å²) in [6.45, 7) is 0.640. The van der Waals surface area contributed by atoms with Crippen LogP contribution >= 0.6 is 0 Å². The van der Waals surface area contributed by atoms with E-state index in [1.54, 1.807) is 24.4 Å². The molecule has 3 rings (SSSR count). The van der Waals surface area contributed by atoms with Crippen molar-refractivity contribution in [3.8, 4) is 11.5 Å². The molecular formula is C16H17N3O3. The van der Waals surface area contributed by atoms with Crippen LogP contribution in [0.2, 0.25) is 0 Å². The van der Waals surface area contributed by atoms with Crippen LogP contribution in [0.4, 0.5) is 5.82 Å². The lowest BCUT2D eigenvalue weighted by Gasteiger charge is -2.12. The number of hydrogen-bond donors (Lipinski definition) is 1. The van der Waals surface area contributed by atoms with Gasteiger partial charge in [0, 0.05) is 32.4 Å². The van der Waals surface area contributed by atoms with Gasteiger partial charge < -0.3 is 19.7 Å². The summed E-state index contributed by atoms with van der Waals surface area (Å²) in [4.78, 5) is 18.4. The van der Waals surface area contributed by atoms with Crippen molar-refractivity contribution in [2.75, 3.05) is 25.8 Å². The Hall–Kier alpha value is -2.76. The van der Waals surface area contributed by atoms with Crippen molar-refractivity contribution in [3.63, 3.8) is 0 Å². The maximum absolute atomic E-state index is 12.2. The Balaban J connectivity index is 1.66. The van der Waals surface area contributed by atoms with Crippen molar-refractivity contribution in [2.45, 2.75) is 6.54 Å². The van der Waals surface area contributed by atoms with Gasteiger partial charge in [0.1, 0.15) is 5.82 Å². The molecule has 22 heavy (non-hydrogen) atoms. The highest BCUT2D eigenvalue weighted by Crippen LogP contribution is 2.32. The Morgan fingerprint density at radius 1 is 1.23 bits per heavy atom. The third-order valence-corrected chi connectivity index (χ3v) is 3.36. The molecule has 6 heteroatoms. The molecule has 2 heterocycles. The van der Waals surface area contributed by atoms with Gasteiger partial charge in [-0.2, -0.15) is 0 Å². The number of carbonyl (C=O) groups is 1. The molecule has 0 aliphatic carbocycles. The Morgan fingerprint density at radius 3 is 2.86 bits per heavy atom. The van der Waals surface area contributed by atoms with E-state index in [-0.39, 0.29) is 12.7 Å². The van der Waals surface area contributed by atoms with E-state index in [4.69, 9.17) is 9.47 Å². The monoisotopic (exact) mass is 299 g/mol. The second kappa shape index (κ2) is 5.93. The van der Waals surface area contributed by atoms with Gasteiger partial charge >= 0.3 is 0 Å². The number of pyridine rings is 1. The van der Waals surface area contributed by atoms with E-state index in [0.29, 0.717) is 23.6 Å². The first-order valence-corrected chi connectivity index (χ1v) is 6.93. The highest BCUT2D eigenvalue weighted by molar-refractivity contribution is 5.94. The van der Waals surface area contributed by atoms with Gasteiger partial charge in [-0.1, -0.05) is 0 Å². The zero-order valence-electron chi connectivity index (χ0n) is 12.5. The third kappa shape index (κ3) is 2.95. The maximum Gasteiger partial charge on any atom is 0.251 e. The van der Waals surface area contributed by atoms with Crippen LogP contribution in [0.15, 0.2) is 36.5 Å². The second-order valence-corrected chi connectivity index (χ2v) is 5.17. The van der Waals surface area contributed by atoms with Crippen molar-refractivity contribution in [1.29, 1.82) is 0 Å². The zero-order chi connectivity index (χ0) is 15.5. The Bertz CT molecular complexity index is 701. The molecule has 1 amide bonds. The van der Waals surface area contributed by atoms with Crippen LogP contribution in [-0.4, -0.2) is 31.8 Å². The number of rotatable bonds is 4. The number of nitrogens with one attached hydrogen (secondary N) is 1. The summed E-state index contributed by atoms with van der Waals surface area (Å²) in [5.74, 6) is 1.98. The molecule has 1 aromatic heterocycles. The number of anilines is 1.